The summed E-state index contributed by atoms with van der Waals surface area (Å²) in [5.74, 6) is -3.49. The largest absolute Gasteiger partial charge is 0.462 e. The topological polar surface area (TPSA) is 115 Å². The van der Waals surface area contributed by atoms with Gasteiger partial charge in [-0.3, -0.25) is 9.59 Å². The zero-order valence-corrected chi connectivity index (χ0v) is 20.3. The number of nitrogens with zero attached hydrogens (tertiary/aromatic N) is 3. The van der Waals surface area contributed by atoms with Gasteiger partial charge in [0.15, 0.2) is 14.6 Å². The van der Waals surface area contributed by atoms with Gasteiger partial charge in [0.05, 0.1) is 22.4 Å². The molecule has 0 unspecified atom stereocenters. The molecule has 3 aromatic rings. The number of benzene rings is 2. The Morgan fingerprint density at radius 2 is 1.88 bits per heavy atom. The molecule has 2 heterocycles. The average Bonchev–Trinajstić information content (AvgIpc) is 3.34. The fourth-order valence-corrected chi connectivity index (χ4v) is 5.97. The number of rotatable bonds is 6. The molecule has 0 aliphatic carbocycles. The van der Waals surface area contributed by atoms with E-state index in [0.29, 0.717) is 28.9 Å². The van der Waals surface area contributed by atoms with Gasteiger partial charge < -0.3 is 14.2 Å². The van der Waals surface area contributed by atoms with Crippen LogP contribution in [0.3, 0.4) is 0 Å². The van der Waals surface area contributed by atoms with E-state index in [2.05, 4.69) is 4.99 Å². The van der Waals surface area contributed by atoms with Crippen LogP contribution in [0.25, 0.3) is 10.2 Å². The highest BCUT2D eigenvalue weighted by atomic mass is 32.2. The van der Waals surface area contributed by atoms with Crippen LogP contribution in [0.15, 0.2) is 47.5 Å². The van der Waals surface area contributed by atoms with Crippen LogP contribution in [0.5, 0.6) is 0 Å². The Balaban J connectivity index is 1.50. The van der Waals surface area contributed by atoms with Crippen LogP contribution in [-0.2, 0) is 37.6 Å². The van der Waals surface area contributed by atoms with Gasteiger partial charge in [0.2, 0.25) is 5.91 Å². The molecule has 0 atom stereocenters. The lowest BCUT2D eigenvalue weighted by atomic mass is 10.2. The molecule has 1 aliphatic rings. The van der Waals surface area contributed by atoms with Gasteiger partial charge in [-0.15, -0.1) is 0 Å². The molecule has 0 radical (unpaired) electrons. The molecular weight excluding hydrogens is 478 g/mol. The van der Waals surface area contributed by atoms with Crippen molar-refractivity contribution in [3.05, 3.63) is 58.4 Å². The number of carbonyl (C=O) groups is 3. The van der Waals surface area contributed by atoms with Crippen LogP contribution in [0.1, 0.15) is 22.8 Å². The number of fused-ring (bicyclic) bond motifs is 2. The van der Waals surface area contributed by atoms with E-state index in [1.54, 1.807) is 48.9 Å². The molecule has 1 aliphatic heterocycles. The van der Waals surface area contributed by atoms with Gasteiger partial charge in [0.25, 0.3) is 5.91 Å². The van der Waals surface area contributed by atoms with Crippen molar-refractivity contribution in [2.75, 3.05) is 29.6 Å². The minimum Gasteiger partial charge on any atom is -0.462 e. The van der Waals surface area contributed by atoms with Gasteiger partial charge in [-0.05, 0) is 43.2 Å². The average molecular weight is 502 g/mol. The molecule has 4 rings (SSSR count). The van der Waals surface area contributed by atoms with Crippen LogP contribution >= 0.6 is 11.3 Å². The van der Waals surface area contributed by atoms with E-state index in [-0.39, 0.29) is 11.4 Å². The fraction of sp³-hybridized carbons (Fsp3) is 0.304. The second kappa shape index (κ2) is 9.51. The smallest absolute Gasteiger partial charge is 0.338 e. The Bertz CT molecular complexity index is 1470. The molecule has 2 amide bonds. The van der Waals surface area contributed by atoms with E-state index in [1.165, 1.54) is 4.90 Å². The quantitative estimate of drug-likeness (QED) is 0.476. The maximum Gasteiger partial charge on any atom is 0.338 e. The van der Waals surface area contributed by atoms with Crippen molar-refractivity contribution in [3.8, 4) is 0 Å². The Morgan fingerprint density at radius 1 is 1.12 bits per heavy atom. The number of hydrogen-bond donors (Lipinski definition) is 0. The molecule has 178 valence electrons. The van der Waals surface area contributed by atoms with Crippen molar-refractivity contribution >= 4 is 54.9 Å². The maximum absolute atomic E-state index is 12.6. The summed E-state index contributed by atoms with van der Waals surface area (Å²) in [7, 11) is -2.32. The van der Waals surface area contributed by atoms with Crippen molar-refractivity contribution in [3.63, 3.8) is 0 Å². The van der Waals surface area contributed by atoms with E-state index in [1.807, 2.05) is 12.1 Å². The summed E-state index contributed by atoms with van der Waals surface area (Å²) in [6, 6.07) is 12.3. The molecule has 0 saturated carbocycles. The first-order valence-corrected chi connectivity index (χ1v) is 13.3. The number of para-hydroxylation sites is 1. The second-order valence-corrected chi connectivity index (χ2v) is 10.9. The molecule has 0 N–H and O–H groups in total. The molecule has 2 aromatic carbocycles. The predicted molar refractivity (Wildman–Crippen MR) is 128 cm³/mol. The van der Waals surface area contributed by atoms with E-state index in [0.717, 1.165) is 22.4 Å². The van der Waals surface area contributed by atoms with Crippen LogP contribution in [0, 0.1) is 0 Å². The van der Waals surface area contributed by atoms with Gasteiger partial charge in [-0.2, -0.15) is 4.99 Å². The standard InChI is InChI=1S/C23H23N3O6S2/c1-3-32-22(29)16-8-9-18-19(12-16)33-23(25(18)2)24-20(27)13-34(30,31)14-21(28)26-11-10-15-6-4-5-7-17(15)26/h4-9,12H,3,10-11,13-14H2,1-2H3. The number of ether oxygens (including phenoxy) is 1. The Labute approximate surface area is 200 Å². The lowest BCUT2D eigenvalue weighted by Crippen LogP contribution is -2.36. The monoisotopic (exact) mass is 501 g/mol. The van der Waals surface area contributed by atoms with Crippen molar-refractivity contribution < 1.29 is 27.5 Å². The number of carbonyl (C=O) groups excluding carboxylic acids is 3. The highest BCUT2D eigenvalue weighted by Gasteiger charge is 2.29. The second-order valence-electron chi connectivity index (χ2n) is 7.81. The minimum absolute atomic E-state index is 0.255. The van der Waals surface area contributed by atoms with Gasteiger partial charge in [0.1, 0.15) is 11.5 Å². The zero-order chi connectivity index (χ0) is 24.5. The Kier molecular flexibility index (Phi) is 6.67. The lowest BCUT2D eigenvalue weighted by molar-refractivity contribution is -0.116. The van der Waals surface area contributed by atoms with Crippen molar-refractivity contribution in [2.24, 2.45) is 12.0 Å². The van der Waals surface area contributed by atoms with Crippen LogP contribution in [-0.4, -0.2) is 55.4 Å². The van der Waals surface area contributed by atoms with E-state index in [4.69, 9.17) is 4.74 Å². The number of esters is 1. The molecule has 0 fully saturated rings. The third-order valence-corrected chi connectivity index (χ3v) is 7.88. The highest BCUT2D eigenvalue weighted by molar-refractivity contribution is 7.92. The minimum atomic E-state index is -4.01. The summed E-state index contributed by atoms with van der Waals surface area (Å²) in [6.45, 7) is 2.39. The Morgan fingerprint density at radius 3 is 2.65 bits per heavy atom. The number of hydrogen-bond acceptors (Lipinski definition) is 7. The first kappa shape index (κ1) is 23.8. The third-order valence-electron chi connectivity index (χ3n) is 5.42. The van der Waals surface area contributed by atoms with E-state index in [9.17, 15) is 22.8 Å². The normalized spacial score (nSPS) is 13.8. The van der Waals surface area contributed by atoms with Crippen molar-refractivity contribution in [2.45, 2.75) is 13.3 Å². The molecule has 9 nitrogen and oxygen atoms in total. The molecule has 0 spiro atoms. The van der Waals surface area contributed by atoms with Crippen LogP contribution < -0.4 is 9.70 Å². The van der Waals surface area contributed by atoms with E-state index >= 15 is 0 Å². The lowest BCUT2D eigenvalue weighted by Gasteiger charge is -2.17. The SMILES string of the molecule is CCOC(=O)c1ccc2c(c1)sc(=NC(=O)CS(=O)(=O)CC(=O)N1CCc3ccccc31)n2C. The molecule has 11 heteroatoms. The predicted octanol–water partition coefficient (Wildman–Crippen LogP) is 1.85. The Hall–Kier alpha value is -3.31. The fourth-order valence-electron chi connectivity index (χ4n) is 3.82. The summed E-state index contributed by atoms with van der Waals surface area (Å²) in [5.41, 5.74) is 2.80. The maximum atomic E-state index is 12.6. The van der Waals surface area contributed by atoms with Gasteiger partial charge in [-0.25, -0.2) is 13.2 Å². The summed E-state index contributed by atoms with van der Waals surface area (Å²) in [6.07, 6.45) is 0.663. The number of sulfone groups is 1. The summed E-state index contributed by atoms with van der Waals surface area (Å²) >= 11 is 1.15. The molecule has 1 aromatic heterocycles. The number of amides is 2. The van der Waals surface area contributed by atoms with Crippen molar-refractivity contribution in [1.29, 1.82) is 0 Å². The first-order chi connectivity index (χ1) is 16.2. The van der Waals surface area contributed by atoms with Gasteiger partial charge in [-0.1, -0.05) is 29.5 Å². The number of aromatic nitrogens is 1. The molecule has 0 saturated heterocycles. The number of thiazole rings is 1. The third kappa shape index (κ3) is 4.95. The van der Waals surface area contributed by atoms with Crippen LogP contribution in [0.2, 0.25) is 0 Å². The molecule has 0 bridgehead atoms. The number of anilines is 1. The van der Waals surface area contributed by atoms with Gasteiger partial charge >= 0.3 is 5.97 Å². The summed E-state index contributed by atoms with van der Waals surface area (Å²) < 4.78 is 32.5. The van der Waals surface area contributed by atoms with Gasteiger partial charge in [0, 0.05) is 19.3 Å². The first-order valence-electron chi connectivity index (χ1n) is 10.6. The summed E-state index contributed by atoms with van der Waals surface area (Å²) in [5, 5.41) is 0. The van der Waals surface area contributed by atoms with E-state index < -0.39 is 39.1 Å². The highest BCUT2D eigenvalue weighted by Crippen LogP contribution is 2.27. The molecular formula is C23H23N3O6S2. The zero-order valence-electron chi connectivity index (χ0n) is 18.7. The van der Waals surface area contributed by atoms with Crippen molar-refractivity contribution in [1.82, 2.24) is 4.57 Å². The number of aryl methyl sites for hydroxylation is 1. The molecule has 34 heavy (non-hydrogen) atoms. The van der Waals surface area contributed by atoms with Crippen LogP contribution in [0.4, 0.5) is 5.69 Å². The summed E-state index contributed by atoms with van der Waals surface area (Å²) in [4.78, 5) is 42.8.